The van der Waals surface area contributed by atoms with Gasteiger partial charge in [0, 0.05) is 35.0 Å². The summed E-state index contributed by atoms with van der Waals surface area (Å²) < 4.78 is 0. The molecule has 0 radical (unpaired) electrons. The number of hydrazine groups is 1. The SMILES string of the molecule is Cc1ccncc1-c1nc2c(c(NN)n1)CSC2. The number of aromatic nitrogens is 3. The Bertz CT molecular complexity index is 599. The lowest BCUT2D eigenvalue weighted by Gasteiger charge is -2.09. The maximum Gasteiger partial charge on any atom is 0.163 e. The van der Waals surface area contributed by atoms with Gasteiger partial charge < -0.3 is 5.43 Å². The van der Waals surface area contributed by atoms with Crippen LogP contribution in [-0.2, 0) is 11.5 Å². The van der Waals surface area contributed by atoms with Crippen LogP contribution in [0, 0.1) is 6.92 Å². The summed E-state index contributed by atoms with van der Waals surface area (Å²) in [5, 5.41) is 0. The molecule has 3 heterocycles. The third-order valence-corrected chi connectivity index (χ3v) is 3.96. The molecule has 6 heteroatoms. The molecule has 5 nitrogen and oxygen atoms in total. The van der Waals surface area contributed by atoms with Crippen LogP contribution in [0.15, 0.2) is 18.5 Å². The van der Waals surface area contributed by atoms with Crippen LogP contribution in [0.5, 0.6) is 0 Å². The Labute approximate surface area is 109 Å². The lowest BCUT2D eigenvalue weighted by molar-refractivity contribution is 1.05. The molecule has 1 aliphatic rings. The second kappa shape index (κ2) is 4.55. The summed E-state index contributed by atoms with van der Waals surface area (Å²) in [6.45, 7) is 2.03. The molecule has 0 unspecified atom stereocenters. The highest BCUT2D eigenvalue weighted by Gasteiger charge is 2.20. The van der Waals surface area contributed by atoms with Crippen LogP contribution in [0.4, 0.5) is 5.82 Å². The van der Waals surface area contributed by atoms with E-state index in [0.717, 1.165) is 39.7 Å². The van der Waals surface area contributed by atoms with Gasteiger partial charge in [-0.05, 0) is 18.6 Å². The van der Waals surface area contributed by atoms with Crippen LogP contribution in [0.25, 0.3) is 11.4 Å². The molecule has 2 aromatic heterocycles. The van der Waals surface area contributed by atoms with Gasteiger partial charge in [-0.1, -0.05) is 0 Å². The van der Waals surface area contributed by atoms with Gasteiger partial charge >= 0.3 is 0 Å². The van der Waals surface area contributed by atoms with Gasteiger partial charge in [-0.15, -0.1) is 0 Å². The number of pyridine rings is 1. The number of fused-ring (bicyclic) bond motifs is 1. The molecule has 1 aliphatic heterocycles. The molecule has 0 saturated heterocycles. The molecule has 0 amide bonds. The molecule has 0 saturated carbocycles. The molecule has 0 aliphatic carbocycles. The number of anilines is 1. The van der Waals surface area contributed by atoms with E-state index in [4.69, 9.17) is 5.84 Å². The molecule has 0 fully saturated rings. The van der Waals surface area contributed by atoms with Crippen LogP contribution in [-0.4, -0.2) is 15.0 Å². The van der Waals surface area contributed by atoms with Gasteiger partial charge in [-0.3, -0.25) is 4.98 Å². The molecular formula is C12H13N5S. The van der Waals surface area contributed by atoms with Crippen molar-refractivity contribution in [3.05, 3.63) is 35.3 Å². The van der Waals surface area contributed by atoms with Crippen LogP contribution in [0.1, 0.15) is 16.8 Å². The summed E-state index contributed by atoms with van der Waals surface area (Å²) in [6, 6.07) is 1.95. The Morgan fingerprint density at radius 1 is 1.33 bits per heavy atom. The Balaban J connectivity index is 2.17. The van der Waals surface area contributed by atoms with Crippen molar-refractivity contribution in [2.75, 3.05) is 5.43 Å². The second-order valence-corrected chi connectivity index (χ2v) is 5.13. The first kappa shape index (κ1) is 11.4. The number of hydrogen-bond acceptors (Lipinski definition) is 6. The fourth-order valence-electron chi connectivity index (χ4n) is 1.99. The number of thioether (sulfide) groups is 1. The lowest BCUT2D eigenvalue weighted by Crippen LogP contribution is -2.13. The van der Waals surface area contributed by atoms with E-state index >= 15 is 0 Å². The van der Waals surface area contributed by atoms with Gasteiger partial charge in [-0.25, -0.2) is 15.8 Å². The number of hydrogen-bond donors (Lipinski definition) is 2. The summed E-state index contributed by atoms with van der Waals surface area (Å²) in [5.74, 6) is 8.79. The normalized spacial score (nSPS) is 13.4. The quantitative estimate of drug-likeness (QED) is 0.633. The van der Waals surface area contributed by atoms with Gasteiger partial charge in [0.1, 0.15) is 5.82 Å². The molecular weight excluding hydrogens is 246 g/mol. The van der Waals surface area contributed by atoms with E-state index in [2.05, 4.69) is 20.4 Å². The minimum Gasteiger partial charge on any atom is -0.308 e. The van der Waals surface area contributed by atoms with Crippen molar-refractivity contribution >= 4 is 17.6 Å². The van der Waals surface area contributed by atoms with Crippen molar-refractivity contribution in [3.8, 4) is 11.4 Å². The van der Waals surface area contributed by atoms with Gasteiger partial charge in [0.2, 0.25) is 0 Å². The fraction of sp³-hybridized carbons (Fsp3) is 0.250. The van der Waals surface area contributed by atoms with Crippen molar-refractivity contribution < 1.29 is 0 Å². The fourth-order valence-corrected chi connectivity index (χ4v) is 3.03. The summed E-state index contributed by atoms with van der Waals surface area (Å²) >= 11 is 1.83. The summed E-state index contributed by atoms with van der Waals surface area (Å²) in [5.41, 5.74) is 6.92. The van der Waals surface area contributed by atoms with Crippen LogP contribution in [0.2, 0.25) is 0 Å². The standard InChI is InChI=1S/C12H13N5S/c1-7-2-3-14-4-8(7)11-15-10-6-18-5-9(10)12(16-11)17-13/h2-4H,5-6,13H2,1H3,(H,15,16,17). The van der Waals surface area contributed by atoms with Gasteiger partial charge in [0.15, 0.2) is 5.82 Å². The van der Waals surface area contributed by atoms with Crippen molar-refractivity contribution in [1.29, 1.82) is 0 Å². The highest BCUT2D eigenvalue weighted by atomic mass is 32.2. The Hall–Kier alpha value is -1.66. The van der Waals surface area contributed by atoms with Gasteiger partial charge in [0.05, 0.1) is 5.69 Å². The molecule has 2 aromatic rings. The molecule has 0 spiro atoms. The van der Waals surface area contributed by atoms with Crippen LogP contribution >= 0.6 is 11.8 Å². The topological polar surface area (TPSA) is 76.7 Å². The van der Waals surface area contributed by atoms with Crippen molar-refractivity contribution in [2.45, 2.75) is 18.4 Å². The molecule has 0 atom stereocenters. The number of nitrogens with zero attached hydrogens (tertiary/aromatic N) is 3. The van der Waals surface area contributed by atoms with Gasteiger partial charge in [-0.2, -0.15) is 11.8 Å². The maximum atomic E-state index is 5.54. The van der Waals surface area contributed by atoms with E-state index < -0.39 is 0 Å². The smallest absolute Gasteiger partial charge is 0.163 e. The Morgan fingerprint density at radius 3 is 3.00 bits per heavy atom. The number of nitrogen functional groups attached to an aromatic ring is 1. The summed E-state index contributed by atoms with van der Waals surface area (Å²) in [7, 11) is 0. The number of nitrogens with two attached hydrogens (primary N) is 1. The molecule has 3 rings (SSSR count). The molecule has 92 valence electrons. The molecule has 18 heavy (non-hydrogen) atoms. The minimum absolute atomic E-state index is 0.690. The zero-order valence-electron chi connectivity index (χ0n) is 9.97. The van der Waals surface area contributed by atoms with E-state index in [1.165, 1.54) is 0 Å². The van der Waals surface area contributed by atoms with E-state index in [-0.39, 0.29) is 0 Å². The average molecular weight is 259 g/mol. The molecule has 3 N–H and O–H groups in total. The highest BCUT2D eigenvalue weighted by Crippen LogP contribution is 2.34. The maximum absolute atomic E-state index is 5.54. The Kier molecular flexibility index (Phi) is 2.89. The lowest BCUT2D eigenvalue weighted by atomic mass is 10.1. The second-order valence-electron chi connectivity index (χ2n) is 4.15. The zero-order valence-corrected chi connectivity index (χ0v) is 10.8. The number of nitrogens with one attached hydrogen (secondary N) is 1. The Morgan fingerprint density at radius 2 is 2.22 bits per heavy atom. The molecule has 0 aromatic carbocycles. The third kappa shape index (κ3) is 1.83. The minimum atomic E-state index is 0.690. The highest BCUT2D eigenvalue weighted by molar-refractivity contribution is 7.98. The number of aryl methyl sites for hydroxylation is 1. The first-order valence-electron chi connectivity index (χ1n) is 5.64. The first-order valence-corrected chi connectivity index (χ1v) is 6.80. The van der Waals surface area contributed by atoms with Crippen LogP contribution < -0.4 is 11.3 Å². The first-order chi connectivity index (χ1) is 8.79. The number of rotatable bonds is 2. The average Bonchev–Trinajstić information content (AvgIpc) is 2.86. The monoisotopic (exact) mass is 259 g/mol. The predicted molar refractivity (Wildman–Crippen MR) is 72.8 cm³/mol. The summed E-state index contributed by atoms with van der Waals surface area (Å²) in [6.07, 6.45) is 3.56. The van der Waals surface area contributed by atoms with E-state index in [0.29, 0.717) is 5.82 Å². The van der Waals surface area contributed by atoms with Crippen molar-refractivity contribution in [2.24, 2.45) is 5.84 Å². The van der Waals surface area contributed by atoms with E-state index in [9.17, 15) is 0 Å². The largest absolute Gasteiger partial charge is 0.308 e. The van der Waals surface area contributed by atoms with Crippen molar-refractivity contribution in [1.82, 2.24) is 15.0 Å². The van der Waals surface area contributed by atoms with Crippen molar-refractivity contribution in [3.63, 3.8) is 0 Å². The van der Waals surface area contributed by atoms with E-state index in [1.807, 2.05) is 24.8 Å². The van der Waals surface area contributed by atoms with Crippen LogP contribution in [0.3, 0.4) is 0 Å². The summed E-state index contributed by atoms with van der Waals surface area (Å²) in [4.78, 5) is 13.3. The predicted octanol–water partition coefficient (Wildman–Crippen LogP) is 1.88. The molecule has 0 bridgehead atoms. The van der Waals surface area contributed by atoms with Gasteiger partial charge in [0.25, 0.3) is 0 Å². The van der Waals surface area contributed by atoms with E-state index in [1.54, 1.807) is 12.4 Å². The third-order valence-electron chi connectivity index (χ3n) is 2.99. The zero-order chi connectivity index (χ0) is 12.5.